The van der Waals surface area contributed by atoms with Gasteiger partial charge in [0.25, 0.3) is 0 Å². The second-order valence-corrected chi connectivity index (χ2v) is 13.9. The monoisotopic (exact) mass is 720 g/mol. The highest BCUT2D eigenvalue weighted by molar-refractivity contribution is 6.07. The summed E-state index contributed by atoms with van der Waals surface area (Å²) in [6.07, 6.45) is 18.2. The summed E-state index contributed by atoms with van der Waals surface area (Å²) in [4.78, 5) is 19.0. The standard InChI is InChI=1S/C51H36N4O/c1-5-9-35(44-25-23-39-21-19-37(10-6-2)48(52-4)50(39)54-44)12-7-11-33-14-27-46-42(30-33)43-31-41(32(3)29-47(43)56-46)34-15-17-36(18-16-34)45-26-24-40-22-20-38-13-8-28-53-49(38)51(40)55-45/h1,6-10,12-31H,4,11H2,2-3H3/b10-6-,12-7-,35-9+. The third-order valence-electron chi connectivity index (χ3n) is 10.4. The molecule has 5 heteroatoms. The first kappa shape index (κ1) is 34.4. The van der Waals surface area contributed by atoms with E-state index in [4.69, 9.17) is 20.8 Å². The van der Waals surface area contributed by atoms with Crippen LogP contribution in [0.1, 0.15) is 29.3 Å². The number of hydrogen-bond donors (Lipinski definition) is 0. The molecule has 0 aliphatic heterocycles. The molecule has 4 aromatic heterocycles. The van der Waals surface area contributed by atoms with E-state index in [1.54, 1.807) is 6.08 Å². The van der Waals surface area contributed by atoms with Crippen molar-refractivity contribution in [2.45, 2.75) is 20.3 Å². The third-order valence-corrected chi connectivity index (χ3v) is 10.4. The molecule has 9 rings (SSSR count). The Kier molecular flexibility index (Phi) is 8.85. The molecule has 0 spiro atoms. The summed E-state index contributed by atoms with van der Waals surface area (Å²) in [5.74, 6) is 2.69. The van der Waals surface area contributed by atoms with E-state index < -0.39 is 0 Å². The predicted octanol–water partition coefficient (Wildman–Crippen LogP) is 13.1. The molecule has 56 heavy (non-hydrogen) atoms. The fourth-order valence-corrected chi connectivity index (χ4v) is 7.56. The van der Waals surface area contributed by atoms with E-state index in [9.17, 15) is 0 Å². The van der Waals surface area contributed by atoms with Crippen LogP contribution in [0.4, 0.5) is 5.69 Å². The molecule has 266 valence electrons. The van der Waals surface area contributed by atoms with Crippen LogP contribution in [0.15, 0.2) is 155 Å². The van der Waals surface area contributed by atoms with Gasteiger partial charge >= 0.3 is 0 Å². The molecule has 0 saturated heterocycles. The number of aromatic nitrogens is 3. The molecule has 5 nitrogen and oxygen atoms in total. The average molecular weight is 721 g/mol. The lowest BCUT2D eigenvalue weighted by molar-refractivity contribution is 0.668. The van der Waals surface area contributed by atoms with Crippen LogP contribution in [0, 0.1) is 19.3 Å². The number of hydrogen-bond acceptors (Lipinski definition) is 5. The first-order chi connectivity index (χ1) is 27.5. The van der Waals surface area contributed by atoms with Crippen molar-refractivity contribution in [1.29, 1.82) is 0 Å². The smallest absolute Gasteiger partial charge is 0.135 e. The minimum Gasteiger partial charge on any atom is -0.456 e. The van der Waals surface area contributed by atoms with Crippen LogP contribution in [0.5, 0.6) is 0 Å². The molecule has 0 saturated carbocycles. The van der Waals surface area contributed by atoms with Crippen LogP contribution in [0.2, 0.25) is 0 Å². The zero-order valence-electron chi connectivity index (χ0n) is 31.1. The molecule has 0 aliphatic rings. The van der Waals surface area contributed by atoms with Crippen molar-refractivity contribution in [2.24, 2.45) is 4.99 Å². The molecule has 4 heterocycles. The Bertz CT molecular complexity index is 3160. The zero-order chi connectivity index (χ0) is 38.2. The van der Waals surface area contributed by atoms with Gasteiger partial charge in [-0.1, -0.05) is 103 Å². The summed E-state index contributed by atoms with van der Waals surface area (Å²) in [5, 5.41) is 5.33. The minimum atomic E-state index is 0.706. The number of pyridine rings is 3. The van der Waals surface area contributed by atoms with Crippen molar-refractivity contribution < 1.29 is 4.42 Å². The molecule has 0 bridgehead atoms. The molecule has 0 atom stereocenters. The Labute approximate surface area is 325 Å². The largest absolute Gasteiger partial charge is 0.456 e. The summed E-state index contributed by atoms with van der Waals surface area (Å²) in [6, 6.07) is 40.0. The number of aryl methyl sites for hydroxylation is 1. The topological polar surface area (TPSA) is 64.2 Å². The lowest BCUT2D eigenvalue weighted by Crippen LogP contribution is -1.91. The molecule has 0 aliphatic carbocycles. The lowest BCUT2D eigenvalue weighted by atomic mass is 9.96. The summed E-state index contributed by atoms with van der Waals surface area (Å²) in [7, 11) is 0. The molecule has 0 fully saturated rings. The number of allylic oxidation sites excluding steroid dienone is 5. The molecular weight excluding hydrogens is 685 g/mol. The van der Waals surface area contributed by atoms with Crippen LogP contribution in [-0.4, -0.2) is 21.7 Å². The van der Waals surface area contributed by atoms with Crippen molar-refractivity contribution >= 4 is 78.7 Å². The number of nitrogens with zero attached hydrogens (tertiary/aromatic N) is 4. The van der Waals surface area contributed by atoms with Gasteiger partial charge in [-0.05, 0) is 97.8 Å². The SMILES string of the molecule is C#C/C=C(\C=C/Cc1ccc2oc3cc(C)c(-c4ccc(-c5ccc6ccc7cccnc7c6n5)cc4)cc3c2c1)c1ccc2ccc(/C=C\C)c(N=C)c2n1. The maximum absolute atomic E-state index is 6.34. The minimum absolute atomic E-state index is 0.706. The average Bonchev–Trinajstić information content (AvgIpc) is 3.59. The van der Waals surface area contributed by atoms with E-state index in [-0.39, 0.29) is 0 Å². The Morgan fingerprint density at radius 2 is 1.54 bits per heavy atom. The van der Waals surface area contributed by atoms with E-state index in [2.05, 4.69) is 127 Å². The van der Waals surface area contributed by atoms with Crippen LogP contribution in [0.25, 0.3) is 88.7 Å². The number of furan rings is 1. The summed E-state index contributed by atoms with van der Waals surface area (Å²) >= 11 is 0. The molecule has 0 N–H and O–H groups in total. The molecule has 9 aromatic rings. The Balaban J connectivity index is 0.998. The van der Waals surface area contributed by atoms with Gasteiger partial charge in [0.1, 0.15) is 11.2 Å². The van der Waals surface area contributed by atoms with E-state index in [1.807, 2.05) is 55.6 Å². The molecule has 5 aromatic carbocycles. The van der Waals surface area contributed by atoms with Crippen molar-refractivity contribution in [2.75, 3.05) is 0 Å². The molecule has 0 amide bonds. The Morgan fingerprint density at radius 3 is 2.36 bits per heavy atom. The van der Waals surface area contributed by atoms with Crippen LogP contribution in [-0.2, 0) is 6.42 Å². The normalized spacial score (nSPS) is 12.2. The number of aliphatic imine (C=N–C) groups is 1. The van der Waals surface area contributed by atoms with Crippen LogP contribution >= 0.6 is 0 Å². The third kappa shape index (κ3) is 6.24. The quantitative estimate of drug-likeness (QED) is 0.0678. The molecule has 0 radical (unpaired) electrons. The number of fused-ring (bicyclic) bond motifs is 7. The van der Waals surface area contributed by atoms with Crippen molar-refractivity contribution in [3.63, 3.8) is 0 Å². The Morgan fingerprint density at radius 1 is 0.786 bits per heavy atom. The van der Waals surface area contributed by atoms with Gasteiger partial charge in [-0.3, -0.25) is 9.98 Å². The highest BCUT2D eigenvalue weighted by Crippen LogP contribution is 2.37. The van der Waals surface area contributed by atoms with E-state index in [1.165, 1.54) is 5.56 Å². The number of terminal acetylenes is 1. The van der Waals surface area contributed by atoms with Crippen molar-refractivity contribution in [3.8, 4) is 34.7 Å². The van der Waals surface area contributed by atoms with Gasteiger partial charge in [-0.15, -0.1) is 6.42 Å². The van der Waals surface area contributed by atoms with Gasteiger partial charge in [0.2, 0.25) is 0 Å². The molecule has 0 unspecified atom stereocenters. The first-order valence-corrected chi connectivity index (χ1v) is 18.6. The van der Waals surface area contributed by atoms with Gasteiger partial charge in [-0.25, -0.2) is 9.97 Å². The van der Waals surface area contributed by atoms with Crippen LogP contribution < -0.4 is 0 Å². The van der Waals surface area contributed by atoms with E-state index >= 15 is 0 Å². The lowest BCUT2D eigenvalue weighted by Gasteiger charge is -2.09. The second-order valence-electron chi connectivity index (χ2n) is 13.9. The maximum atomic E-state index is 6.34. The summed E-state index contributed by atoms with van der Waals surface area (Å²) < 4.78 is 6.34. The van der Waals surface area contributed by atoms with Gasteiger partial charge in [0.05, 0.1) is 33.6 Å². The summed E-state index contributed by atoms with van der Waals surface area (Å²) in [5.41, 5.74) is 14.3. The number of rotatable bonds is 8. The zero-order valence-corrected chi connectivity index (χ0v) is 31.1. The second kappa shape index (κ2) is 14.4. The first-order valence-electron chi connectivity index (χ1n) is 18.6. The van der Waals surface area contributed by atoms with Gasteiger partial charge in [0, 0.05) is 49.8 Å². The summed E-state index contributed by atoms with van der Waals surface area (Å²) in [6.45, 7) is 7.93. The van der Waals surface area contributed by atoms with Crippen LogP contribution in [0.3, 0.4) is 0 Å². The van der Waals surface area contributed by atoms with E-state index in [0.717, 1.165) is 105 Å². The maximum Gasteiger partial charge on any atom is 0.135 e. The molecular formula is C51H36N4O. The highest BCUT2D eigenvalue weighted by Gasteiger charge is 2.14. The Hall–Kier alpha value is -7.42. The fraction of sp³-hybridized carbons (Fsp3) is 0.0588. The van der Waals surface area contributed by atoms with Crippen molar-refractivity contribution in [1.82, 2.24) is 15.0 Å². The van der Waals surface area contributed by atoms with Crippen molar-refractivity contribution in [3.05, 3.63) is 168 Å². The number of benzene rings is 5. The van der Waals surface area contributed by atoms with Gasteiger partial charge in [-0.2, -0.15) is 0 Å². The van der Waals surface area contributed by atoms with E-state index in [0.29, 0.717) is 6.42 Å². The fourth-order valence-electron chi connectivity index (χ4n) is 7.56. The highest BCUT2D eigenvalue weighted by atomic mass is 16.3. The predicted molar refractivity (Wildman–Crippen MR) is 235 cm³/mol. The van der Waals surface area contributed by atoms with Gasteiger partial charge < -0.3 is 4.42 Å². The van der Waals surface area contributed by atoms with Gasteiger partial charge in [0.15, 0.2) is 0 Å².